The van der Waals surface area contributed by atoms with E-state index in [1.165, 1.54) is 4.68 Å². The second-order valence-corrected chi connectivity index (χ2v) is 5.93. The first-order chi connectivity index (χ1) is 13.2. The van der Waals surface area contributed by atoms with E-state index in [0.29, 0.717) is 17.3 Å². The number of nitrogens with one attached hydrogen (secondary N) is 1. The van der Waals surface area contributed by atoms with Crippen LogP contribution in [0.25, 0.3) is 11.4 Å². The molecule has 27 heavy (non-hydrogen) atoms. The van der Waals surface area contributed by atoms with E-state index in [-0.39, 0.29) is 19.2 Å². The average molecular weight is 364 g/mol. The third-order valence-corrected chi connectivity index (χ3v) is 3.94. The Morgan fingerprint density at radius 1 is 1.22 bits per heavy atom. The molecule has 1 N–H and O–H groups in total. The van der Waals surface area contributed by atoms with Gasteiger partial charge in [-0.2, -0.15) is 5.10 Å². The van der Waals surface area contributed by atoms with Crippen molar-refractivity contribution < 1.29 is 14.3 Å². The van der Waals surface area contributed by atoms with Gasteiger partial charge in [0, 0.05) is 5.56 Å². The molecule has 136 valence electrons. The molecule has 9 heteroatoms. The van der Waals surface area contributed by atoms with Crippen molar-refractivity contribution in [3.05, 3.63) is 53.6 Å². The highest BCUT2D eigenvalue weighted by Gasteiger charge is 2.17. The minimum absolute atomic E-state index is 0.0674. The normalized spacial score (nSPS) is 12.5. The lowest BCUT2D eigenvalue weighted by Gasteiger charge is -2.05. The molecule has 2 heterocycles. The molecule has 0 saturated carbocycles. The maximum atomic E-state index is 12.1. The van der Waals surface area contributed by atoms with Crippen molar-refractivity contribution in [2.75, 3.05) is 6.79 Å². The van der Waals surface area contributed by atoms with Gasteiger partial charge < -0.3 is 9.47 Å². The summed E-state index contributed by atoms with van der Waals surface area (Å²) in [5.74, 6) is 1.40. The molecular formula is C18H16N6O3. The number of hydrogen-bond donors (Lipinski definition) is 1. The highest BCUT2D eigenvalue weighted by Crippen LogP contribution is 2.35. The predicted molar refractivity (Wildman–Crippen MR) is 96.3 cm³/mol. The summed E-state index contributed by atoms with van der Waals surface area (Å²) in [6.07, 6.45) is 1.58. The van der Waals surface area contributed by atoms with Crippen LogP contribution >= 0.6 is 0 Å². The number of hydrogen-bond acceptors (Lipinski definition) is 7. The number of ether oxygens (including phenoxy) is 2. The zero-order valence-electron chi connectivity index (χ0n) is 14.5. The van der Waals surface area contributed by atoms with E-state index in [0.717, 1.165) is 16.7 Å². The van der Waals surface area contributed by atoms with Crippen LogP contribution in [0.15, 0.2) is 47.6 Å². The summed E-state index contributed by atoms with van der Waals surface area (Å²) in [6, 6.07) is 13.2. The third kappa shape index (κ3) is 3.76. The van der Waals surface area contributed by atoms with E-state index in [4.69, 9.17) is 9.47 Å². The monoisotopic (exact) mass is 364 g/mol. The smallest absolute Gasteiger partial charge is 0.261 e. The SMILES string of the molecule is Cc1ccc(C=NNC(=O)Cn2nnnc2-c2ccc3c(c2)OCO3)cc1. The average Bonchev–Trinajstić information content (AvgIpc) is 3.31. The molecule has 0 bridgehead atoms. The Bertz CT molecular complexity index is 997. The number of carbonyl (C=O) groups is 1. The predicted octanol–water partition coefficient (Wildman–Crippen LogP) is 1.53. The van der Waals surface area contributed by atoms with Crippen molar-refractivity contribution in [2.45, 2.75) is 13.5 Å². The fourth-order valence-electron chi connectivity index (χ4n) is 2.56. The van der Waals surface area contributed by atoms with Crippen LogP contribution in [-0.4, -0.2) is 39.1 Å². The summed E-state index contributed by atoms with van der Waals surface area (Å²) in [4.78, 5) is 12.1. The second kappa shape index (κ2) is 7.24. The molecule has 9 nitrogen and oxygen atoms in total. The van der Waals surface area contributed by atoms with Crippen LogP contribution in [0.5, 0.6) is 11.5 Å². The highest BCUT2D eigenvalue weighted by atomic mass is 16.7. The van der Waals surface area contributed by atoms with Crippen LogP contribution in [0, 0.1) is 6.92 Å². The van der Waals surface area contributed by atoms with Crippen LogP contribution in [0.3, 0.4) is 0 Å². The molecule has 0 radical (unpaired) electrons. The summed E-state index contributed by atoms with van der Waals surface area (Å²) in [5, 5.41) is 15.5. The first-order valence-corrected chi connectivity index (χ1v) is 8.24. The van der Waals surface area contributed by atoms with Crippen molar-refractivity contribution in [1.29, 1.82) is 0 Å². The second-order valence-electron chi connectivity index (χ2n) is 5.93. The van der Waals surface area contributed by atoms with Crippen LogP contribution in [0.2, 0.25) is 0 Å². The van der Waals surface area contributed by atoms with Gasteiger partial charge in [0.1, 0.15) is 6.54 Å². The number of hydrazone groups is 1. The van der Waals surface area contributed by atoms with E-state index >= 15 is 0 Å². The summed E-state index contributed by atoms with van der Waals surface area (Å²) < 4.78 is 12.1. The van der Waals surface area contributed by atoms with Gasteiger partial charge in [0.2, 0.25) is 6.79 Å². The summed E-state index contributed by atoms with van der Waals surface area (Å²) >= 11 is 0. The van der Waals surface area contributed by atoms with Crippen molar-refractivity contribution in [1.82, 2.24) is 25.6 Å². The number of benzene rings is 2. The number of fused-ring (bicyclic) bond motifs is 1. The third-order valence-electron chi connectivity index (χ3n) is 3.94. The number of carbonyl (C=O) groups excluding carboxylic acids is 1. The van der Waals surface area contributed by atoms with Gasteiger partial charge >= 0.3 is 0 Å². The van der Waals surface area contributed by atoms with Gasteiger partial charge in [0.15, 0.2) is 17.3 Å². The Kier molecular flexibility index (Phi) is 4.48. The standard InChI is InChI=1S/C18H16N6O3/c1-12-2-4-13(5-3-12)9-19-20-17(25)10-24-18(21-22-23-24)14-6-7-15-16(8-14)27-11-26-15/h2-9H,10-11H2,1H3,(H,20,25). The lowest BCUT2D eigenvalue weighted by atomic mass is 10.2. The lowest BCUT2D eigenvalue weighted by Crippen LogP contribution is -2.24. The Balaban J connectivity index is 1.42. The molecule has 0 unspecified atom stereocenters. The molecule has 3 aromatic rings. The molecule has 1 amide bonds. The Hall–Kier alpha value is -3.75. The molecule has 0 spiro atoms. The first kappa shape index (κ1) is 16.7. The van der Waals surface area contributed by atoms with Gasteiger partial charge in [-0.05, 0) is 41.1 Å². The van der Waals surface area contributed by atoms with Crippen molar-refractivity contribution in [3.63, 3.8) is 0 Å². The van der Waals surface area contributed by atoms with Gasteiger partial charge in [-0.3, -0.25) is 4.79 Å². The van der Waals surface area contributed by atoms with Gasteiger partial charge in [-0.1, -0.05) is 29.8 Å². The quantitative estimate of drug-likeness (QED) is 0.544. The van der Waals surface area contributed by atoms with Crippen molar-refractivity contribution in [3.8, 4) is 22.9 Å². The topological polar surface area (TPSA) is 104 Å². The van der Waals surface area contributed by atoms with E-state index in [1.54, 1.807) is 18.3 Å². The highest BCUT2D eigenvalue weighted by molar-refractivity contribution is 5.82. The maximum Gasteiger partial charge on any atom is 0.261 e. The van der Waals surface area contributed by atoms with Crippen LogP contribution in [-0.2, 0) is 11.3 Å². The van der Waals surface area contributed by atoms with E-state index < -0.39 is 0 Å². The van der Waals surface area contributed by atoms with Crippen LogP contribution in [0.1, 0.15) is 11.1 Å². The maximum absolute atomic E-state index is 12.1. The molecule has 0 atom stereocenters. The fourth-order valence-corrected chi connectivity index (χ4v) is 2.56. The molecule has 0 fully saturated rings. The minimum atomic E-state index is -0.340. The number of rotatable bonds is 5. The zero-order chi connectivity index (χ0) is 18.6. The number of aromatic nitrogens is 4. The molecular weight excluding hydrogens is 348 g/mol. The Labute approximate surface area is 154 Å². The summed E-state index contributed by atoms with van der Waals surface area (Å²) in [7, 11) is 0. The molecule has 1 aromatic heterocycles. The molecule has 1 aliphatic heterocycles. The van der Waals surface area contributed by atoms with Gasteiger partial charge in [-0.25, -0.2) is 10.1 Å². The van der Waals surface area contributed by atoms with Gasteiger partial charge in [0.25, 0.3) is 5.91 Å². The van der Waals surface area contributed by atoms with E-state index in [2.05, 4.69) is 26.1 Å². The molecule has 0 aliphatic carbocycles. The Morgan fingerprint density at radius 3 is 2.89 bits per heavy atom. The Morgan fingerprint density at radius 2 is 2.04 bits per heavy atom. The fraction of sp³-hybridized carbons (Fsp3) is 0.167. The van der Waals surface area contributed by atoms with E-state index in [9.17, 15) is 4.79 Å². The molecule has 1 aliphatic rings. The largest absolute Gasteiger partial charge is 0.454 e. The summed E-state index contributed by atoms with van der Waals surface area (Å²) in [5.41, 5.74) is 5.25. The molecule has 0 saturated heterocycles. The first-order valence-electron chi connectivity index (χ1n) is 8.24. The van der Waals surface area contributed by atoms with Crippen molar-refractivity contribution in [2.24, 2.45) is 5.10 Å². The lowest BCUT2D eigenvalue weighted by molar-refractivity contribution is -0.121. The molecule has 2 aromatic carbocycles. The number of amides is 1. The van der Waals surface area contributed by atoms with Crippen LogP contribution in [0.4, 0.5) is 0 Å². The summed E-state index contributed by atoms with van der Waals surface area (Å²) in [6.45, 7) is 2.12. The zero-order valence-corrected chi connectivity index (χ0v) is 14.5. The molecule has 4 rings (SSSR count). The number of nitrogens with zero attached hydrogens (tertiary/aromatic N) is 5. The van der Waals surface area contributed by atoms with Gasteiger partial charge in [-0.15, -0.1) is 5.10 Å². The van der Waals surface area contributed by atoms with Crippen LogP contribution < -0.4 is 14.9 Å². The minimum Gasteiger partial charge on any atom is -0.454 e. The van der Waals surface area contributed by atoms with E-state index in [1.807, 2.05) is 37.3 Å². The van der Waals surface area contributed by atoms with Gasteiger partial charge in [0.05, 0.1) is 6.21 Å². The number of tetrazole rings is 1. The number of aryl methyl sites for hydroxylation is 1. The van der Waals surface area contributed by atoms with Crippen molar-refractivity contribution >= 4 is 12.1 Å².